The van der Waals surface area contributed by atoms with E-state index in [2.05, 4.69) is 15.2 Å². The topological polar surface area (TPSA) is 147 Å². The van der Waals surface area contributed by atoms with Crippen LogP contribution in [0, 0.1) is 5.92 Å². The molecule has 0 bridgehead atoms. The molecule has 2 aromatic rings. The number of sulfonamides is 1. The number of aliphatic hydroxyl groups is 1. The van der Waals surface area contributed by atoms with Gasteiger partial charge in [0.05, 0.1) is 44.3 Å². The zero-order chi connectivity index (χ0) is 29.7. The molecule has 2 N–H and O–H groups in total. The van der Waals surface area contributed by atoms with E-state index in [1.807, 2.05) is 6.92 Å². The van der Waals surface area contributed by atoms with Crippen molar-refractivity contribution in [3.63, 3.8) is 0 Å². The van der Waals surface area contributed by atoms with Crippen molar-refractivity contribution in [1.29, 1.82) is 0 Å². The maximum atomic E-state index is 13.7. The number of rotatable bonds is 10. The van der Waals surface area contributed by atoms with Gasteiger partial charge < -0.3 is 29.4 Å². The van der Waals surface area contributed by atoms with Crippen LogP contribution in [-0.2, 0) is 26.6 Å². The number of aliphatic hydroxyl groups excluding tert-OH is 1. The molecule has 1 aromatic heterocycles. The van der Waals surface area contributed by atoms with Gasteiger partial charge in [-0.25, -0.2) is 13.4 Å². The number of aryl methyl sites for hydroxylation is 1. The van der Waals surface area contributed by atoms with E-state index in [1.165, 1.54) is 23.9 Å². The number of aromatic nitrogens is 2. The molecule has 2 aliphatic heterocycles. The monoisotopic (exact) mass is 592 g/mol. The fourth-order valence-corrected chi connectivity index (χ4v) is 6.00. The van der Waals surface area contributed by atoms with Crippen molar-refractivity contribution in [1.82, 2.24) is 23.7 Å². The highest BCUT2D eigenvalue weighted by Gasteiger charge is 2.35. The average Bonchev–Trinajstić information content (AvgIpc) is 3.41. The van der Waals surface area contributed by atoms with E-state index in [1.54, 1.807) is 41.6 Å². The van der Waals surface area contributed by atoms with E-state index in [0.29, 0.717) is 31.9 Å². The van der Waals surface area contributed by atoms with Crippen molar-refractivity contribution >= 4 is 27.5 Å². The summed E-state index contributed by atoms with van der Waals surface area (Å²) in [6.07, 6.45) is 2.54. The largest absolute Gasteiger partial charge is 0.488 e. The van der Waals surface area contributed by atoms with Gasteiger partial charge in [-0.15, -0.1) is 0 Å². The zero-order valence-corrected chi connectivity index (χ0v) is 24.8. The Labute approximate surface area is 241 Å². The molecule has 1 fully saturated rings. The van der Waals surface area contributed by atoms with Crippen molar-refractivity contribution in [3.8, 4) is 5.75 Å². The van der Waals surface area contributed by atoms with Crippen LogP contribution >= 0.6 is 0 Å². The summed E-state index contributed by atoms with van der Waals surface area (Å²) in [5, 5.41) is 12.7. The highest BCUT2D eigenvalue weighted by atomic mass is 32.2. The van der Waals surface area contributed by atoms with Crippen molar-refractivity contribution in [2.24, 2.45) is 13.0 Å². The van der Waals surface area contributed by atoms with Gasteiger partial charge in [0.2, 0.25) is 5.91 Å². The first kappa shape index (κ1) is 30.9. The molecule has 0 aliphatic carbocycles. The molecule has 2 aliphatic rings. The third kappa shape index (κ3) is 7.43. The summed E-state index contributed by atoms with van der Waals surface area (Å²) in [4.78, 5) is 34.1. The molecule has 226 valence electrons. The van der Waals surface area contributed by atoms with E-state index in [-0.39, 0.29) is 53.8 Å². The molecule has 14 heteroatoms. The Hall–Kier alpha value is -3.04. The lowest BCUT2D eigenvalue weighted by molar-refractivity contribution is -0.116. The summed E-state index contributed by atoms with van der Waals surface area (Å²) in [6, 6.07) is 4.36. The fourth-order valence-electron chi connectivity index (χ4n) is 4.86. The molecule has 1 saturated heterocycles. The summed E-state index contributed by atoms with van der Waals surface area (Å²) in [5.74, 6) is -0.520. The van der Waals surface area contributed by atoms with Gasteiger partial charge in [-0.3, -0.25) is 14.5 Å². The quantitative estimate of drug-likeness (QED) is 0.405. The Morgan fingerprint density at radius 1 is 1.29 bits per heavy atom. The molecule has 0 spiro atoms. The van der Waals surface area contributed by atoms with Crippen molar-refractivity contribution in [3.05, 3.63) is 36.3 Å². The van der Waals surface area contributed by atoms with Gasteiger partial charge in [0.1, 0.15) is 11.9 Å². The number of carbonyl (C=O) groups is 2. The maximum absolute atomic E-state index is 13.7. The van der Waals surface area contributed by atoms with E-state index < -0.39 is 22.2 Å². The summed E-state index contributed by atoms with van der Waals surface area (Å²) in [6.45, 7) is 7.12. The number of nitrogens with zero attached hydrogens (tertiary/aromatic N) is 5. The van der Waals surface area contributed by atoms with Gasteiger partial charge in [-0.05, 0) is 25.1 Å². The Morgan fingerprint density at radius 3 is 2.68 bits per heavy atom. The van der Waals surface area contributed by atoms with Crippen molar-refractivity contribution < 1.29 is 32.6 Å². The first-order valence-corrected chi connectivity index (χ1v) is 15.2. The lowest BCUT2D eigenvalue weighted by Gasteiger charge is -2.38. The van der Waals surface area contributed by atoms with Gasteiger partial charge in [0, 0.05) is 64.5 Å². The lowest BCUT2D eigenvalue weighted by Crippen LogP contribution is -2.50. The second-order valence-corrected chi connectivity index (χ2v) is 12.7. The SMILES string of the molecule is C[C@@H]1CN([C@H](C)CO)C(=O)c2cc(NC(=O)CCN3CCOCC3)ccc2O[C@H]1CN(C)S(=O)(=O)c1cn(C)cn1. The van der Waals surface area contributed by atoms with Gasteiger partial charge in [-0.1, -0.05) is 6.92 Å². The third-order valence-electron chi connectivity index (χ3n) is 7.50. The fraction of sp³-hybridized carbons (Fsp3) is 0.593. The molecule has 3 heterocycles. The number of nitrogens with one attached hydrogen (secondary N) is 1. The molecule has 4 rings (SSSR count). The van der Waals surface area contributed by atoms with Crippen LogP contribution in [0.1, 0.15) is 30.6 Å². The second kappa shape index (κ2) is 13.3. The number of likely N-dealkylation sites (N-methyl/N-ethyl adjacent to an activating group) is 1. The molecule has 1 aromatic carbocycles. The Morgan fingerprint density at radius 2 is 2.02 bits per heavy atom. The summed E-state index contributed by atoms with van der Waals surface area (Å²) < 4.78 is 40.7. The Kier molecular flexibility index (Phi) is 10.0. The number of hydrogen-bond donors (Lipinski definition) is 2. The lowest BCUT2D eigenvalue weighted by atomic mass is 9.99. The first-order valence-electron chi connectivity index (χ1n) is 13.8. The molecule has 0 saturated carbocycles. The number of imidazole rings is 1. The average molecular weight is 593 g/mol. The number of carbonyl (C=O) groups excluding carboxylic acids is 2. The van der Waals surface area contributed by atoms with Gasteiger partial charge in [0.25, 0.3) is 15.9 Å². The number of anilines is 1. The van der Waals surface area contributed by atoms with Crippen LogP contribution in [0.2, 0.25) is 0 Å². The molecule has 2 amide bonds. The van der Waals surface area contributed by atoms with Crippen LogP contribution in [0.3, 0.4) is 0 Å². The Balaban J connectivity index is 1.55. The first-order chi connectivity index (χ1) is 19.5. The standard InChI is InChI=1S/C27H40N6O7S/c1-19-14-33(20(2)17-34)27(36)22-13-21(29-25(35)7-8-32-9-11-39-12-10-32)5-6-23(22)40-24(19)15-31(4)41(37,38)26-16-30(3)18-28-26/h5-6,13,16,18-20,24,34H,7-12,14-15,17H2,1-4H3,(H,29,35)/t19-,20-,24+/m1/s1. The summed E-state index contributed by atoms with van der Waals surface area (Å²) in [5.41, 5.74) is 0.674. The minimum absolute atomic E-state index is 0.00901. The number of benzene rings is 1. The predicted octanol–water partition coefficient (Wildman–Crippen LogP) is 0.622. The predicted molar refractivity (Wildman–Crippen MR) is 151 cm³/mol. The number of ether oxygens (including phenoxy) is 2. The van der Waals surface area contributed by atoms with Crippen LogP contribution in [-0.4, -0.2) is 121 Å². The normalized spacial score (nSPS) is 21.1. The van der Waals surface area contributed by atoms with Crippen LogP contribution in [0.25, 0.3) is 0 Å². The van der Waals surface area contributed by atoms with Crippen LogP contribution in [0.4, 0.5) is 5.69 Å². The van der Waals surface area contributed by atoms with Crippen molar-refractivity contribution in [2.45, 2.75) is 37.4 Å². The highest BCUT2D eigenvalue weighted by molar-refractivity contribution is 7.89. The van der Waals surface area contributed by atoms with E-state index >= 15 is 0 Å². The number of fused-ring (bicyclic) bond motifs is 1. The van der Waals surface area contributed by atoms with Gasteiger partial charge in [0.15, 0.2) is 5.03 Å². The third-order valence-corrected chi connectivity index (χ3v) is 9.21. The van der Waals surface area contributed by atoms with Gasteiger partial charge in [-0.2, -0.15) is 4.31 Å². The Bertz CT molecular complexity index is 1330. The smallest absolute Gasteiger partial charge is 0.261 e. The molecular weight excluding hydrogens is 552 g/mol. The van der Waals surface area contributed by atoms with Crippen molar-refractivity contribution in [2.75, 3.05) is 64.9 Å². The minimum Gasteiger partial charge on any atom is -0.488 e. The van der Waals surface area contributed by atoms with Crippen LogP contribution < -0.4 is 10.1 Å². The summed E-state index contributed by atoms with van der Waals surface area (Å²) in [7, 11) is -0.717. The molecule has 0 unspecified atom stereocenters. The van der Waals surface area contributed by atoms with Crippen LogP contribution in [0.15, 0.2) is 35.7 Å². The molecule has 3 atom stereocenters. The van der Waals surface area contributed by atoms with E-state index in [4.69, 9.17) is 9.47 Å². The zero-order valence-electron chi connectivity index (χ0n) is 24.0. The number of morpholine rings is 1. The van der Waals surface area contributed by atoms with E-state index in [9.17, 15) is 23.1 Å². The molecular formula is C27H40N6O7S. The molecule has 13 nitrogen and oxygen atoms in total. The molecule has 41 heavy (non-hydrogen) atoms. The van der Waals surface area contributed by atoms with Gasteiger partial charge >= 0.3 is 0 Å². The van der Waals surface area contributed by atoms with E-state index in [0.717, 1.165) is 13.1 Å². The van der Waals surface area contributed by atoms with Crippen LogP contribution in [0.5, 0.6) is 5.75 Å². The highest BCUT2D eigenvalue weighted by Crippen LogP contribution is 2.31. The second-order valence-electron chi connectivity index (χ2n) is 10.7. The number of amides is 2. The maximum Gasteiger partial charge on any atom is 0.261 e. The molecule has 0 radical (unpaired) electrons. The minimum atomic E-state index is -3.88. The number of hydrogen-bond acceptors (Lipinski definition) is 9. The summed E-state index contributed by atoms with van der Waals surface area (Å²) >= 11 is 0.